The number of methoxy groups -OCH3 is 4. The molecule has 0 aliphatic carbocycles. The summed E-state index contributed by atoms with van der Waals surface area (Å²) in [5.41, 5.74) is 3.54. The highest BCUT2D eigenvalue weighted by Gasteiger charge is 2.16. The van der Waals surface area contributed by atoms with E-state index >= 15 is 0 Å². The van der Waals surface area contributed by atoms with Crippen LogP contribution in [0.15, 0.2) is 36.4 Å². The predicted octanol–water partition coefficient (Wildman–Crippen LogP) is 3.83. The third-order valence-electron chi connectivity index (χ3n) is 5.38. The molecule has 0 fully saturated rings. The zero-order valence-electron chi connectivity index (χ0n) is 20.7. The van der Waals surface area contributed by atoms with Crippen molar-refractivity contribution in [2.45, 2.75) is 32.1 Å². The first-order chi connectivity index (χ1) is 17.0. The Hall–Kier alpha value is -3.72. The van der Waals surface area contributed by atoms with Gasteiger partial charge in [-0.1, -0.05) is 25.0 Å². The van der Waals surface area contributed by atoms with Gasteiger partial charge in [-0.15, -0.1) is 0 Å². The molecule has 0 bridgehead atoms. The van der Waals surface area contributed by atoms with E-state index in [1.165, 1.54) is 21.3 Å². The maximum absolute atomic E-state index is 13.2. The normalized spacial score (nSPS) is 10.9. The molecule has 0 heterocycles. The molecule has 0 saturated heterocycles. The Morgan fingerprint density at radius 2 is 1.49 bits per heavy atom. The lowest BCUT2D eigenvalue weighted by molar-refractivity contribution is -0.129. The van der Waals surface area contributed by atoms with E-state index < -0.39 is 0 Å². The SMILES string of the molecule is COc1ccc(/C(=C/c2cc(OC)c(OC)c(OC)c2)C(=O)NCCCCCCC(=O)NO)cc1. The van der Waals surface area contributed by atoms with E-state index in [0.29, 0.717) is 47.1 Å². The summed E-state index contributed by atoms with van der Waals surface area (Å²) in [5, 5.41) is 11.5. The van der Waals surface area contributed by atoms with Crippen molar-refractivity contribution in [3.63, 3.8) is 0 Å². The topological polar surface area (TPSA) is 115 Å². The highest BCUT2D eigenvalue weighted by Crippen LogP contribution is 2.39. The van der Waals surface area contributed by atoms with Crippen LogP contribution in [0, 0.1) is 0 Å². The first-order valence-corrected chi connectivity index (χ1v) is 11.3. The van der Waals surface area contributed by atoms with Crippen LogP contribution in [-0.2, 0) is 9.59 Å². The molecule has 0 unspecified atom stereocenters. The van der Waals surface area contributed by atoms with Gasteiger partial charge in [-0.2, -0.15) is 0 Å². The molecule has 0 radical (unpaired) electrons. The maximum Gasteiger partial charge on any atom is 0.251 e. The standard InChI is InChI=1S/C26H34N2O7/c1-32-20-12-10-19(11-13-20)21(26(30)27-14-8-6-5-7-9-24(29)28-31)15-18-16-22(33-2)25(35-4)23(17-18)34-3/h10-13,15-17,31H,5-9,14H2,1-4H3,(H,27,30)(H,28,29)/b21-15-. The molecule has 9 heteroatoms. The van der Waals surface area contributed by atoms with Crippen LogP contribution in [0.2, 0.25) is 0 Å². The molecule has 2 aromatic rings. The van der Waals surface area contributed by atoms with Crippen molar-refractivity contribution in [3.05, 3.63) is 47.5 Å². The Bertz CT molecular complexity index is 978. The first-order valence-electron chi connectivity index (χ1n) is 11.3. The Kier molecular flexibility index (Phi) is 11.4. The fourth-order valence-electron chi connectivity index (χ4n) is 3.52. The number of unbranched alkanes of at least 4 members (excludes halogenated alkanes) is 3. The van der Waals surface area contributed by atoms with Crippen molar-refractivity contribution in [1.29, 1.82) is 0 Å². The molecule has 0 aliphatic rings. The van der Waals surface area contributed by atoms with Crippen molar-refractivity contribution in [3.8, 4) is 23.0 Å². The first kappa shape index (κ1) is 27.5. The van der Waals surface area contributed by atoms with Crippen LogP contribution >= 0.6 is 0 Å². The molecule has 190 valence electrons. The average molecular weight is 487 g/mol. The summed E-state index contributed by atoms with van der Waals surface area (Å²) in [4.78, 5) is 24.2. The van der Waals surface area contributed by atoms with Crippen molar-refractivity contribution >= 4 is 23.5 Å². The highest BCUT2D eigenvalue weighted by molar-refractivity contribution is 6.24. The number of hydrogen-bond acceptors (Lipinski definition) is 7. The van der Waals surface area contributed by atoms with Crippen molar-refractivity contribution in [2.75, 3.05) is 35.0 Å². The van der Waals surface area contributed by atoms with Crippen LogP contribution < -0.4 is 29.7 Å². The summed E-state index contributed by atoms with van der Waals surface area (Å²) in [6.07, 6.45) is 5.19. The fraction of sp³-hybridized carbons (Fsp3) is 0.385. The van der Waals surface area contributed by atoms with E-state index in [1.54, 1.807) is 42.9 Å². The number of carbonyl (C=O) groups excluding carboxylic acids is 2. The number of hydrogen-bond donors (Lipinski definition) is 3. The summed E-state index contributed by atoms with van der Waals surface area (Å²) in [6.45, 7) is 0.494. The number of hydroxylamine groups is 1. The molecule has 3 N–H and O–H groups in total. The second-order valence-corrected chi connectivity index (χ2v) is 7.70. The monoisotopic (exact) mass is 486 g/mol. The van der Waals surface area contributed by atoms with Crippen LogP contribution in [0.25, 0.3) is 11.6 Å². The predicted molar refractivity (Wildman–Crippen MR) is 133 cm³/mol. The van der Waals surface area contributed by atoms with Crippen LogP contribution in [-0.4, -0.2) is 52.0 Å². The van der Waals surface area contributed by atoms with Gasteiger partial charge in [0.1, 0.15) is 5.75 Å². The van der Waals surface area contributed by atoms with E-state index in [4.69, 9.17) is 24.2 Å². The Morgan fingerprint density at radius 1 is 0.857 bits per heavy atom. The van der Waals surface area contributed by atoms with E-state index in [2.05, 4.69) is 5.32 Å². The number of ether oxygens (including phenoxy) is 4. The molecule has 0 saturated carbocycles. The van der Waals surface area contributed by atoms with Gasteiger partial charge in [-0.25, -0.2) is 5.48 Å². The van der Waals surface area contributed by atoms with Gasteiger partial charge in [0.2, 0.25) is 11.7 Å². The largest absolute Gasteiger partial charge is 0.497 e. The number of rotatable bonds is 14. The maximum atomic E-state index is 13.2. The van der Waals surface area contributed by atoms with Gasteiger partial charge in [0.05, 0.1) is 28.4 Å². The molecule has 9 nitrogen and oxygen atoms in total. The zero-order chi connectivity index (χ0) is 25.6. The number of carbonyl (C=O) groups is 2. The minimum Gasteiger partial charge on any atom is -0.497 e. The smallest absolute Gasteiger partial charge is 0.251 e. The molecular weight excluding hydrogens is 452 g/mol. The van der Waals surface area contributed by atoms with Crippen LogP contribution in [0.1, 0.15) is 43.2 Å². The van der Waals surface area contributed by atoms with Crippen LogP contribution in [0.5, 0.6) is 23.0 Å². The number of nitrogens with one attached hydrogen (secondary N) is 2. The lowest BCUT2D eigenvalue weighted by Gasteiger charge is -2.14. The molecule has 0 aliphatic heterocycles. The zero-order valence-corrected chi connectivity index (χ0v) is 20.7. The summed E-state index contributed by atoms with van der Waals surface area (Å²) in [6, 6.07) is 10.8. The summed E-state index contributed by atoms with van der Waals surface area (Å²) in [5.74, 6) is 1.53. The van der Waals surface area contributed by atoms with Crippen molar-refractivity contribution < 1.29 is 33.7 Å². The Morgan fingerprint density at radius 3 is 2.03 bits per heavy atom. The van der Waals surface area contributed by atoms with Gasteiger partial charge in [0, 0.05) is 18.5 Å². The minimum absolute atomic E-state index is 0.219. The molecule has 0 aromatic heterocycles. The van der Waals surface area contributed by atoms with Gasteiger partial charge in [0.25, 0.3) is 5.91 Å². The van der Waals surface area contributed by atoms with Crippen LogP contribution in [0.3, 0.4) is 0 Å². The van der Waals surface area contributed by atoms with E-state index in [9.17, 15) is 9.59 Å². The van der Waals surface area contributed by atoms with Gasteiger partial charge in [-0.3, -0.25) is 14.8 Å². The molecule has 35 heavy (non-hydrogen) atoms. The van der Waals surface area contributed by atoms with Gasteiger partial charge in [0.15, 0.2) is 11.5 Å². The minimum atomic E-state index is -0.389. The molecular formula is C26H34N2O7. The van der Waals surface area contributed by atoms with E-state index in [0.717, 1.165) is 24.8 Å². The van der Waals surface area contributed by atoms with Gasteiger partial charge in [-0.05, 0) is 54.3 Å². The molecule has 2 aromatic carbocycles. The Balaban J connectivity index is 2.20. The van der Waals surface area contributed by atoms with Crippen LogP contribution in [0.4, 0.5) is 0 Å². The van der Waals surface area contributed by atoms with Crippen molar-refractivity contribution in [2.24, 2.45) is 0 Å². The third-order valence-corrected chi connectivity index (χ3v) is 5.38. The van der Waals surface area contributed by atoms with Gasteiger partial charge >= 0.3 is 0 Å². The second kappa shape index (κ2) is 14.5. The Labute approximate surface area is 206 Å². The van der Waals surface area contributed by atoms with E-state index in [-0.39, 0.29) is 18.2 Å². The van der Waals surface area contributed by atoms with E-state index in [1.807, 2.05) is 12.1 Å². The third kappa shape index (κ3) is 8.22. The summed E-state index contributed by atoms with van der Waals surface area (Å²) < 4.78 is 21.5. The average Bonchev–Trinajstić information content (AvgIpc) is 2.90. The number of benzene rings is 2. The molecule has 0 spiro atoms. The highest BCUT2D eigenvalue weighted by atomic mass is 16.5. The summed E-state index contributed by atoms with van der Waals surface area (Å²) in [7, 11) is 6.20. The van der Waals surface area contributed by atoms with Gasteiger partial charge < -0.3 is 24.3 Å². The fourth-order valence-corrected chi connectivity index (χ4v) is 3.52. The summed E-state index contributed by atoms with van der Waals surface area (Å²) >= 11 is 0. The lowest BCUT2D eigenvalue weighted by Crippen LogP contribution is -2.25. The quantitative estimate of drug-likeness (QED) is 0.122. The van der Waals surface area contributed by atoms with Crippen molar-refractivity contribution in [1.82, 2.24) is 10.8 Å². The molecule has 2 rings (SSSR count). The lowest BCUT2D eigenvalue weighted by atomic mass is 10.0. The number of amides is 2. The molecule has 2 amide bonds. The second-order valence-electron chi connectivity index (χ2n) is 7.70. The molecule has 0 atom stereocenters.